The highest BCUT2D eigenvalue weighted by atomic mass is 32.2. The third-order valence-electron chi connectivity index (χ3n) is 4.53. The van der Waals surface area contributed by atoms with Crippen molar-refractivity contribution in [2.45, 2.75) is 23.4 Å². The monoisotopic (exact) mass is 412 g/mol. The number of carbonyl (C=O) groups excluding carboxylic acids is 1. The maximum absolute atomic E-state index is 13.0. The van der Waals surface area contributed by atoms with Gasteiger partial charge in [-0.1, -0.05) is 12.1 Å². The first kappa shape index (κ1) is 20.7. The standard InChI is InChI=1S/C20H20F4N2OS/c21-17-6-2-15(3-7-17)14-25-10-1-11-26(13-12-25)19(27)16-4-8-18(9-5-16)28-20(22,23)24/h2-9H,1,10-14H2. The Morgan fingerprint density at radius 2 is 1.61 bits per heavy atom. The summed E-state index contributed by atoms with van der Waals surface area (Å²) in [4.78, 5) is 16.7. The number of hydrogen-bond donors (Lipinski definition) is 0. The Hall–Kier alpha value is -2.06. The molecule has 0 N–H and O–H groups in total. The van der Waals surface area contributed by atoms with Gasteiger partial charge in [-0.05, 0) is 60.1 Å². The molecule has 3 nitrogen and oxygen atoms in total. The molecule has 0 bridgehead atoms. The molecule has 0 aliphatic carbocycles. The number of carbonyl (C=O) groups is 1. The van der Waals surface area contributed by atoms with Crippen LogP contribution in [0.25, 0.3) is 0 Å². The van der Waals surface area contributed by atoms with E-state index < -0.39 is 5.51 Å². The SMILES string of the molecule is O=C(c1ccc(SC(F)(F)F)cc1)N1CCCN(Cc2ccc(F)cc2)CC1. The molecule has 1 aliphatic heterocycles. The van der Waals surface area contributed by atoms with Gasteiger partial charge in [-0.25, -0.2) is 4.39 Å². The van der Waals surface area contributed by atoms with Gasteiger partial charge in [0.15, 0.2) is 0 Å². The molecule has 0 atom stereocenters. The fourth-order valence-corrected chi connectivity index (χ4v) is 3.70. The van der Waals surface area contributed by atoms with Gasteiger partial charge < -0.3 is 4.90 Å². The molecule has 2 aromatic rings. The van der Waals surface area contributed by atoms with Crippen LogP contribution in [-0.2, 0) is 6.54 Å². The number of amides is 1. The summed E-state index contributed by atoms with van der Waals surface area (Å²) in [7, 11) is 0. The number of halogens is 4. The smallest absolute Gasteiger partial charge is 0.337 e. The molecule has 0 unspecified atom stereocenters. The minimum atomic E-state index is -4.34. The zero-order valence-electron chi connectivity index (χ0n) is 15.1. The lowest BCUT2D eigenvalue weighted by atomic mass is 10.2. The molecule has 1 heterocycles. The first-order valence-corrected chi connectivity index (χ1v) is 9.74. The third kappa shape index (κ3) is 5.97. The third-order valence-corrected chi connectivity index (χ3v) is 5.27. The molecule has 3 rings (SSSR count). The maximum atomic E-state index is 13.0. The summed E-state index contributed by atoms with van der Waals surface area (Å²) in [5, 5.41) is 0. The van der Waals surface area contributed by atoms with Gasteiger partial charge >= 0.3 is 5.51 Å². The summed E-state index contributed by atoms with van der Waals surface area (Å²) in [6.45, 7) is 3.33. The quantitative estimate of drug-likeness (QED) is 0.533. The zero-order chi connectivity index (χ0) is 20.1. The van der Waals surface area contributed by atoms with Crippen LogP contribution in [0.2, 0.25) is 0 Å². The number of benzene rings is 2. The second-order valence-corrected chi connectivity index (χ2v) is 7.76. The van der Waals surface area contributed by atoms with Crippen LogP contribution in [0, 0.1) is 5.82 Å². The van der Waals surface area contributed by atoms with E-state index in [1.807, 2.05) is 0 Å². The average Bonchev–Trinajstić information content (AvgIpc) is 2.88. The van der Waals surface area contributed by atoms with Gasteiger partial charge in [0, 0.05) is 43.2 Å². The normalized spacial score (nSPS) is 16.1. The molecule has 0 spiro atoms. The predicted octanol–water partition coefficient (Wildman–Crippen LogP) is 4.79. The van der Waals surface area contributed by atoms with Gasteiger partial charge in [-0.2, -0.15) is 13.2 Å². The minimum absolute atomic E-state index is 0.0605. The summed E-state index contributed by atoms with van der Waals surface area (Å²) in [6, 6.07) is 11.9. The Kier molecular flexibility index (Phi) is 6.61. The van der Waals surface area contributed by atoms with Crippen molar-refractivity contribution >= 4 is 17.7 Å². The lowest BCUT2D eigenvalue weighted by Crippen LogP contribution is -2.35. The number of hydrogen-bond acceptors (Lipinski definition) is 3. The molecular formula is C20H20F4N2OS. The van der Waals surface area contributed by atoms with E-state index in [0.29, 0.717) is 31.7 Å². The van der Waals surface area contributed by atoms with Crippen molar-refractivity contribution in [1.29, 1.82) is 0 Å². The fraction of sp³-hybridized carbons (Fsp3) is 0.350. The van der Waals surface area contributed by atoms with Crippen LogP contribution in [0.15, 0.2) is 53.4 Å². The van der Waals surface area contributed by atoms with Gasteiger partial charge in [0.25, 0.3) is 5.91 Å². The Morgan fingerprint density at radius 1 is 0.929 bits per heavy atom. The summed E-state index contributed by atoms with van der Waals surface area (Å²) < 4.78 is 50.3. The van der Waals surface area contributed by atoms with E-state index >= 15 is 0 Å². The van der Waals surface area contributed by atoms with E-state index in [1.165, 1.54) is 36.4 Å². The van der Waals surface area contributed by atoms with Crippen molar-refractivity contribution in [3.8, 4) is 0 Å². The Morgan fingerprint density at radius 3 is 2.25 bits per heavy atom. The molecular weight excluding hydrogens is 392 g/mol. The second kappa shape index (κ2) is 8.96. The molecule has 2 aromatic carbocycles. The molecule has 1 fully saturated rings. The summed E-state index contributed by atoms with van der Waals surface area (Å²) >= 11 is -0.193. The second-order valence-electron chi connectivity index (χ2n) is 6.62. The largest absolute Gasteiger partial charge is 0.446 e. The number of thioether (sulfide) groups is 1. The van der Waals surface area contributed by atoms with Crippen molar-refractivity contribution < 1.29 is 22.4 Å². The van der Waals surface area contributed by atoms with Crippen molar-refractivity contribution in [2.75, 3.05) is 26.2 Å². The highest BCUT2D eigenvalue weighted by molar-refractivity contribution is 8.00. The van der Waals surface area contributed by atoms with Crippen molar-refractivity contribution in [3.63, 3.8) is 0 Å². The number of rotatable bonds is 4. The highest BCUT2D eigenvalue weighted by Gasteiger charge is 2.29. The van der Waals surface area contributed by atoms with Gasteiger partial charge in [-0.3, -0.25) is 9.69 Å². The summed E-state index contributed by atoms with van der Waals surface area (Å²) in [6.07, 6.45) is 0.801. The first-order chi connectivity index (χ1) is 13.3. The zero-order valence-corrected chi connectivity index (χ0v) is 15.9. The Balaban J connectivity index is 1.57. The van der Waals surface area contributed by atoms with Crippen LogP contribution >= 0.6 is 11.8 Å². The van der Waals surface area contributed by atoms with Crippen molar-refractivity contribution in [1.82, 2.24) is 9.80 Å². The molecule has 1 amide bonds. The minimum Gasteiger partial charge on any atom is -0.337 e. The molecule has 28 heavy (non-hydrogen) atoms. The molecule has 1 saturated heterocycles. The van der Waals surface area contributed by atoms with E-state index in [4.69, 9.17) is 0 Å². The van der Waals surface area contributed by atoms with Crippen molar-refractivity contribution in [2.24, 2.45) is 0 Å². The Labute approximate surface area is 165 Å². The van der Waals surface area contributed by atoms with Gasteiger partial charge in [0.05, 0.1) is 0 Å². The van der Waals surface area contributed by atoms with Crippen molar-refractivity contribution in [3.05, 3.63) is 65.5 Å². The fourth-order valence-electron chi connectivity index (χ4n) is 3.16. The molecule has 1 aliphatic rings. The van der Waals surface area contributed by atoms with Crippen LogP contribution in [0.4, 0.5) is 17.6 Å². The topological polar surface area (TPSA) is 23.6 Å². The molecule has 0 radical (unpaired) electrons. The van der Waals surface area contributed by atoms with Crippen LogP contribution in [0.3, 0.4) is 0 Å². The summed E-state index contributed by atoms with van der Waals surface area (Å²) in [5.74, 6) is -0.441. The van der Waals surface area contributed by atoms with Gasteiger partial charge in [0.2, 0.25) is 0 Å². The van der Waals surface area contributed by atoms with E-state index in [1.54, 1.807) is 17.0 Å². The Bertz CT molecular complexity index is 793. The van der Waals surface area contributed by atoms with E-state index in [2.05, 4.69) is 4.90 Å². The van der Waals surface area contributed by atoms with E-state index in [0.717, 1.165) is 18.5 Å². The number of alkyl halides is 3. The van der Waals surface area contributed by atoms with Crippen LogP contribution < -0.4 is 0 Å². The molecule has 150 valence electrons. The molecule has 0 saturated carbocycles. The number of nitrogens with zero attached hydrogens (tertiary/aromatic N) is 2. The highest BCUT2D eigenvalue weighted by Crippen LogP contribution is 2.36. The van der Waals surface area contributed by atoms with Crippen LogP contribution in [0.1, 0.15) is 22.3 Å². The average molecular weight is 412 g/mol. The van der Waals surface area contributed by atoms with Crippen LogP contribution in [-0.4, -0.2) is 47.4 Å². The predicted molar refractivity (Wildman–Crippen MR) is 101 cm³/mol. The lowest BCUT2D eigenvalue weighted by Gasteiger charge is -2.22. The van der Waals surface area contributed by atoms with Gasteiger partial charge in [-0.15, -0.1) is 0 Å². The lowest BCUT2D eigenvalue weighted by molar-refractivity contribution is -0.0328. The van der Waals surface area contributed by atoms with E-state index in [-0.39, 0.29) is 28.4 Å². The van der Waals surface area contributed by atoms with E-state index in [9.17, 15) is 22.4 Å². The first-order valence-electron chi connectivity index (χ1n) is 8.92. The van der Waals surface area contributed by atoms with Gasteiger partial charge in [0.1, 0.15) is 5.82 Å². The summed E-state index contributed by atoms with van der Waals surface area (Å²) in [5.41, 5.74) is -2.94. The molecule has 0 aromatic heterocycles. The maximum Gasteiger partial charge on any atom is 0.446 e. The molecule has 8 heteroatoms. The van der Waals surface area contributed by atoms with Crippen LogP contribution in [0.5, 0.6) is 0 Å².